The fourth-order valence-electron chi connectivity index (χ4n) is 4.97. The second kappa shape index (κ2) is 16.6. The van der Waals surface area contributed by atoms with E-state index in [0.717, 1.165) is 33.3 Å². The average Bonchev–Trinajstić information content (AvgIpc) is 2.96. The van der Waals surface area contributed by atoms with Gasteiger partial charge in [0.1, 0.15) is 37.1 Å². The molecule has 0 radical (unpaired) electrons. The Labute approximate surface area is 259 Å². The molecule has 0 aliphatic carbocycles. The molecule has 16 heteroatoms. The molecule has 1 amide bonds. The smallest absolute Gasteiger partial charge is 0.303 e. The molecule has 45 heavy (non-hydrogen) atoms. The number of rotatable bonds is 12. The number of amides is 1. The minimum atomic E-state index is -1.69. The van der Waals surface area contributed by atoms with E-state index in [4.69, 9.17) is 37.9 Å². The molecule has 3 unspecified atom stereocenters. The molecule has 10 atom stereocenters. The van der Waals surface area contributed by atoms with E-state index in [9.17, 15) is 34.2 Å². The zero-order chi connectivity index (χ0) is 33.3. The van der Waals surface area contributed by atoms with Gasteiger partial charge in [0.15, 0.2) is 30.9 Å². The number of hydrogen-bond acceptors (Lipinski definition) is 15. The van der Waals surface area contributed by atoms with Crippen molar-refractivity contribution in [2.45, 2.75) is 103 Å². The summed E-state index contributed by atoms with van der Waals surface area (Å²) in [6, 6.07) is 7.76. The van der Waals surface area contributed by atoms with Crippen LogP contribution in [-0.4, -0.2) is 115 Å². The molecule has 2 aliphatic heterocycles. The van der Waals surface area contributed by atoms with E-state index in [1.54, 1.807) is 24.3 Å². The van der Waals surface area contributed by atoms with Crippen molar-refractivity contribution >= 4 is 29.8 Å². The highest BCUT2D eigenvalue weighted by molar-refractivity contribution is 5.73. The molecule has 0 spiro atoms. The molecule has 0 saturated carbocycles. The van der Waals surface area contributed by atoms with Crippen molar-refractivity contribution in [3.8, 4) is 0 Å². The summed E-state index contributed by atoms with van der Waals surface area (Å²) in [7, 11) is 0. The van der Waals surface area contributed by atoms with Crippen LogP contribution in [0.3, 0.4) is 0 Å². The summed E-state index contributed by atoms with van der Waals surface area (Å²) in [4.78, 5) is 60.3. The summed E-state index contributed by atoms with van der Waals surface area (Å²) in [6.45, 7) is 4.38. The van der Waals surface area contributed by atoms with Gasteiger partial charge in [-0.25, -0.2) is 0 Å². The van der Waals surface area contributed by atoms with Gasteiger partial charge in [-0.05, 0) is 5.56 Å². The van der Waals surface area contributed by atoms with E-state index in [1.165, 1.54) is 6.92 Å². The Hall–Kier alpha value is -3.67. The van der Waals surface area contributed by atoms with Gasteiger partial charge in [0, 0.05) is 34.6 Å². The van der Waals surface area contributed by atoms with Crippen molar-refractivity contribution < 1.29 is 72.1 Å². The lowest BCUT2D eigenvalue weighted by molar-refractivity contribution is -0.347. The maximum atomic E-state index is 12.3. The molecule has 0 aromatic heterocycles. The number of carbonyl (C=O) groups excluding carboxylic acids is 5. The topological polar surface area (TPSA) is 212 Å². The Morgan fingerprint density at radius 3 is 1.89 bits per heavy atom. The van der Waals surface area contributed by atoms with Crippen LogP contribution < -0.4 is 5.32 Å². The second-order valence-corrected chi connectivity index (χ2v) is 10.4. The molecule has 3 N–H and O–H groups in total. The monoisotopic (exact) mass is 641 g/mol. The number of nitrogens with one attached hydrogen (secondary N) is 1. The van der Waals surface area contributed by atoms with Gasteiger partial charge in [0.25, 0.3) is 0 Å². The lowest BCUT2D eigenvalue weighted by Gasteiger charge is -2.48. The van der Waals surface area contributed by atoms with Gasteiger partial charge < -0.3 is 53.4 Å². The van der Waals surface area contributed by atoms with E-state index >= 15 is 0 Å². The van der Waals surface area contributed by atoms with E-state index in [0.29, 0.717) is 0 Å². The van der Waals surface area contributed by atoms with Gasteiger partial charge in [0.05, 0.1) is 13.2 Å². The normalized spacial score (nSPS) is 31.3. The Bertz CT molecular complexity index is 1180. The molecule has 2 heterocycles. The predicted octanol–water partition coefficient (Wildman–Crippen LogP) is -0.746. The first kappa shape index (κ1) is 35.8. The molecule has 0 bridgehead atoms. The fraction of sp³-hybridized carbons (Fsp3) is 0.621. The average molecular weight is 642 g/mol. The van der Waals surface area contributed by atoms with Gasteiger partial charge in [-0.2, -0.15) is 0 Å². The van der Waals surface area contributed by atoms with Crippen LogP contribution in [-0.2, 0) is 68.5 Å². The number of carbonyl (C=O) groups is 5. The van der Waals surface area contributed by atoms with Gasteiger partial charge in [-0.3, -0.25) is 24.0 Å². The number of aliphatic hydroxyl groups is 2. The molecule has 16 nitrogen and oxygen atoms in total. The van der Waals surface area contributed by atoms with Crippen LogP contribution in [0.15, 0.2) is 30.3 Å². The molecule has 2 aliphatic rings. The largest absolute Gasteiger partial charge is 0.463 e. The van der Waals surface area contributed by atoms with Crippen LogP contribution in [0, 0.1) is 0 Å². The number of aliphatic hydroxyl groups excluding tert-OH is 2. The van der Waals surface area contributed by atoms with Crippen LogP contribution in [0.4, 0.5) is 0 Å². The van der Waals surface area contributed by atoms with Crippen LogP contribution >= 0.6 is 0 Å². The zero-order valence-corrected chi connectivity index (χ0v) is 25.5. The van der Waals surface area contributed by atoms with E-state index in [-0.39, 0.29) is 6.61 Å². The molecule has 2 saturated heterocycles. The molecule has 1 aromatic rings. The van der Waals surface area contributed by atoms with E-state index in [2.05, 4.69) is 5.32 Å². The van der Waals surface area contributed by atoms with Crippen LogP contribution in [0.5, 0.6) is 0 Å². The first-order valence-corrected chi connectivity index (χ1v) is 14.1. The third kappa shape index (κ3) is 10.2. The number of ether oxygens (including phenoxy) is 8. The highest BCUT2D eigenvalue weighted by Crippen LogP contribution is 2.34. The van der Waals surface area contributed by atoms with Crippen molar-refractivity contribution in [1.29, 1.82) is 0 Å². The zero-order valence-electron chi connectivity index (χ0n) is 25.5. The second-order valence-electron chi connectivity index (χ2n) is 10.4. The maximum Gasteiger partial charge on any atom is 0.303 e. The van der Waals surface area contributed by atoms with Gasteiger partial charge in [-0.15, -0.1) is 0 Å². The molecule has 2 fully saturated rings. The highest BCUT2D eigenvalue weighted by Gasteiger charge is 2.56. The summed E-state index contributed by atoms with van der Waals surface area (Å²) in [5.41, 5.74) is 0.756. The van der Waals surface area contributed by atoms with Crippen molar-refractivity contribution in [2.75, 3.05) is 13.2 Å². The summed E-state index contributed by atoms with van der Waals surface area (Å²) < 4.78 is 45.2. The summed E-state index contributed by atoms with van der Waals surface area (Å²) in [5.74, 6) is -3.79. The highest BCUT2D eigenvalue weighted by atomic mass is 16.7. The molecule has 250 valence electrons. The van der Waals surface area contributed by atoms with Crippen molar-refractivity contribution in [1.82, 2.24) is 5.32 Å². The number of benzene rings is 1. The Morgan fingerprint density at radius 1 is 0.756 bits per heavy atom. The summed E-state index contributed by atoms with van der Waals surface area (Å²) in [5, 5.41) is 23.9. The lowest BCUT2D eigenvalue weighted by Crippen LogP contribution is -2.68. The molecular formula is C29H39NO15. The predicted molar refractivity (Wildman–Crippen MR) is 147 cm³/mol. The molecular weight excluding hydrogens is 602 g/mol. The van der Waals surface area contributed by atoms with Crippen LogP contribution in [0.25, 0.3) is 0 Å². The standard InChI is InChI=1S/C29H39NO15/c1-14(32)30-22-25(23(37)20(11-31)43-28(22)39-12-19-9-7-6-8-10-19)45-29-27(42-18(5)36)26(41-17(4)35)24(40-16(3)34)21(44-29)13-38-15(2)33/h6-10,20-29,31,37H,11-13H2,1-5H3,(H,30,32)/t20?,21?,22-,23+,24-,25?,26-,27+,28-,29-/m0/s1. The van der Waals surface area contributed by atoms with Crippen molar-refractivity contribution in [3.63, 3.8) is 0 Å². The quantitative estimate of drug-likeness (QED) is 0.189. The van der Waals surface area contributed by atoms with Crippen molar-refractivity contribution in [2.24, 2.45) is 0 Å². The third-order valence-corrected chi connectivity index (χ3v) is 6.72. The minimum absolute atomic E-state index is 0.0155. The van der Waals surface area contributed by atoms with E-state index in [1.807, 2.05) is 6.07 Å². The Kier molecular flexibility index (Phi) is 13.2. The third-order valence-electron chi connectivity index (χ3n) is 6.72. The van der Waals surface area contributed by atoms with Gasteiger partial charge in [0.2, 0.25) is 5.91 Å². The minimum Gasteiger partial charge on any atom is -0.463 e. The van der Waals surface area contributed by atoms with Gasteiger partial charge in [-0.1, -0.05) is 30.3 Å². The molecule has 1 aromatic carbocycles. The van der Waals surface area contributed by atoms with Gasteiger partial charge >= 0.3 is 23.9 Å². The first-order chi connectivity index (χ1) is 21.3. The van der Waals surface area contributed by atoms with Crippen molar-refractivity contribution in [3.05, 3.63) is 35.9 Å². The molecule has 3 rings (SSSR count). The maximum absolute atomic E-state index is 12.3. The fourth-order valence-corrected chi connectivity index (χ4v) is 4.97. The van der Waals surface area contributed by atoms with Crippen LogP contribution in [0.2, 0.25) is 0 Å². The summed E-state index contributed by atoms with van der Waals surface area (Å²) >= 11 is 0. The lowest BCUT2D eigenvalue weighted by atomic mass is 9.95. The Morgan fingerprint density at radius 2 is 1.33 bits per heavy atom. The Balaban J connectivity index is 2.03. The number of esters is 4. The number of hydrogen-bond donors (Lipinski definition) is 3. The summed E-state index contributed by atoms with van der Waals surface area (Å²) in [6.07, 6.45) is -13.2. The van der Waals surface area contributed by atoms with Crippen LogP contribution in [0.1, 0.15) is 40.2 Å². The SMILES string of the molecule is CC(=O)N[C@H]1C(O[C@@H]2OC(COC(C)=O)[C@H](OC(C)=O)[C@H](OC(C)=O)[C@H]2OC(C)=O)[C@H](O)C(CO)O[C@@H]1OCc1ccccc1. The first-order valence-electron chi connectivity index (χ1n) is 14.1. The van der Waals surface area contributed by atoms with E-state index < -0.39 is 104 Å².